The molecular weight excluding hydrogens is 160 g/mol. The maximum absolute atomic E-state index is 9.13. The lowest BCUT2D eigenvalue weighted by atomic mass is 9.64. The summed E-state index contributed by atoms with van der Waals surface area (Å²) in [5.74, 6) is 0. The summed E-state index contributed by atoms with van der Waals surface area (Å²) in [5, 5.41) is 18.3. The Bertz CT molecular complexity index is 251. The first-order valence-corrected chi connectivity index (χ1v) is 4.90. The van der Waals surface area contributed by atoms with Crippen LogP contribution < -0.4 is 0 Å². The zero-order chi connectivity index (χ0) is 9.95. The van der Waals surface area contributed by atoms with Gasteiger partial charge in [-0.05, 0) is 18.3 Å². The monoisotopic (exact) mass is 176 g/mol. The first-order valence-electron chi connectivity index (χ1n) is 4.90. The predicted octanol–water partition coefficient (Wildman–Crippen LogP) is 3.01. The van der Waals surface area contributed by atoms with Crippen LogP contribution in [-0.4, -0.2) is 0 Å². The van der Waals surface area contributed by atoms with Gasteiger partial charge in [-0.15, -0.1) is 0 Å². The second-order valence-corrected chi connectivity index (χ2v) is 4.57. The van der Waals surface area contributed by atoms with Crippen molar-refractivity contribution < 1.29 is 0 Å². The van der Waals surface area contributed by atoms with Gasteiger partial charge in [0.25, 0.3) is 0 Å². The molecule has 0 radical (unpaired) electrons. The van der Waals surface area contributed by atoms with Gasteiger partial charge in [-0.1, -0.05) is 33.1 Å². The third kappa shape index (κ3) is 1.54. The topological polar surface area (TPSA) is 47.6 Å². The second kappa shape index (κ2) is 3.38. The Labute approximate surface area is 80.2 Å². The van der Waals surface area contributed by atoms with Crippen molar-refractivity contribution in [3.05, 3.63) is 0 Å². The summed E-state index contributed by atoms with van der Waals surface area (Å²) in [6.07, 6.45) is 5.07. The summed E-state index contributed by atoms with van der Waals surface area (Å²) in [6, 6.07) is 4.47. The minimum absolute atomic E-state index is 0.146. The Morgan fingerprint density at radius 1 is 0.923 bits per heavy atom. The van der Waals surface area contributed by atoms with E-state index in [1.165, 1.54) is 0 Å². The fourth-order valence-electron chi connectivity index (χ4n) is 2.13. The molecule has 0 amide bonds. The summed E-state index contributed by atoms with van der Waals surface area (Å²) in [7, 11) is 0. The van der Waals surface area contributed by atoms with E-state index in [4.69, 9.17) is 10.5 Å². The minimum atomic E-state index is -0.747. The normalized spacial score (nSPS) is 25.2. The van der Waals surface area contributed by atoms with E-state index in [1.807, 2.05) is 13.8 Å². The van der Waals surface area contributed by atoms with E-state index in [2.05, 4.69) is 12.1 Å². The first-order chi connectivity index (χ1) is 6.08. The SMILES string of the molecule is CC1(C)CCCCCC1(C#N)C#N. The number of nitrogens with zero attached hydrogens (tertiary/aromatic N) is 2. The van der Waals surface area contributed by atoms with Crippen molar-refractivity contribution in [2.24, 2.45) is 10.8 Å². The van der Waals surface area contributed by atoms with E-state index in [-0.39, 0.29) is 5.41 Å². The van der Waals surface area contributed by atoms with Gasteiger partial charge >= 0.3 is 0 Å². The number of rotatable bonds is 0. The molecule has 2 nitrogen and oxygen atoms in total. The summed E-state index contributed by atoms with van der Waals surface area (Å²) in [6.45, 7) is 4.09. The summed E-state index contributed by atoms with van der Waals surface area (Å²) in [5.41, 5.74) is -0.892. The molecule has 0 heterocycles. The van der Waals surface area contributed by atoms with Crippen molar-refractivity contribution in [2.75, 3.05) is 0 Å². The second-order valence-electron chi connectivity index (χ2n) is 4.57. The maximum Gasteiger partial charge on any atom is 0.148 e. The van der Waals surface area contributed by atoms with Crippen LogP contribution in [0.25, 0.3) is 0 Å². The molecule has 1 aliphatic rings. The summed E-state index contributed by atoms with van der Waals surface area (Å²) < 4.78 is 0. The molecule has 1 saturated carbocycles. The highest BCUT2D eigenvalue weighted by Gasteiger charge is 2.46. The number of hydrogen-bond acceptors (Lipinski definition) is 2. The molecule has 1 fully saturated rings. The van der Waals surface area contributed by atoms with Gasteiger partial charge in [0.15, 0.2) is 0 Å². The van der Waals surface area contributed by atoms with Crippen LogP contribution in [0, 0.1) is 33.5 Å². The van der Waals surface area contributed by atoms with Crippen LogP contribution in [0.5, 0.6) is 0 Å². The van der Waals surface area contributed by atoms with Crippen LogP contribution in [0.4, 0.5) is 0 Å². The van der Waals surface area contributed by atoms with E-state index in [1.54, 1.807) is 0 Å². The lowest BCUT2D eigenvalue weighted by Crippen LogP contribution is -2.34. The van der Waals surface area contributed by atoms with Crippen molar-refractivity contribution in [3.8, 4) is 12.1 Å². The molecule has 0 aromatic rings. The maximum atomic E-state index is 9.13. The van der Waals surface area contributed by atoms with Gasteiger partial charge in [0.1, 0.15) is 5.41 Å². The molecule has 0 aromatic heterocycles. The van der Waals surface area contributed by atoms with Gasteiger partial charge in [0.2, 0.25) is 0 Å². The van der Waals surface area contributed by atoms with Gasteiger partial charge in [-0.25, -0.2) is 0 Å². The molecule has 0 N–H and O–H groups in total. The van der Waals surface area contributed by atoms with Crippen molar-refractivity contribution in [2.45, 2.75) is 46.0 Å². The third-order valence-electron chi connectivity index (χ3n) is 3.39. The number of hydrogen-bond donors (Lipinski definition) is 0. The summed E-state index contributed by atoms with van der Waals surface area (Å²) in [4.78, 5) is 0. The number of nitriles is 2. The highest BCUT2D eigenvalue weighted by molar-refractivity contribution is 5.20. The van der Waals surface area contributed by atoms with Crippen molar-refractivity contribution in [1.29, 1.82) is 10.5 Å². The Balaban J connectivity index is 3.04. The molecule has 0 bridgehead atoms. The van der Waals surface area contributed by atoms with Crippen LogP contribution in [0.1, 0.15) is 46.0 Å². The molecule has 0 spiro atoms. The Kier molecular flexibility index (Phi) is 2.62. The highest BCUT2D eigenvalue weighted by atomic mass is 14.5. The smallest absolute Gasteiger partial charge is 0.148 e. The van der Waals surface area contributed by atoms with Crippen molar-refractivity contribution in [3.63, 3.8) is 0 Å². The highest BCUT2D eigenvalue weighted by Crippen LogP contribution is 2.48. The Morgan fingerprint density at radius 3 is 2.00 bits per heavy atom. The van der Waals surface area contributed by atoms with Crippen LogP contribution in [-0.2, 0) is 0 Å². The lowest BCUT2D eigenvalue weighted by Gasteiger charge is -2.34. The van der Waals surface area contributed by atoms with E-state index < -0.39 is 5.41 Å². The third-order valence-corrected chi connectivity index (χ3v) is 3.39. The van der Waals surface area contributed by atoms with Crippen LogP contribution in [0.3, 0.4) is 0 Å². The minimum Gasteiger partial charge on any atom is -0.197 e. The molecule has 1 aliphatic carbocycles. The van der Waals surface area contributed by atoms with Crippen LogP contribution in [0.15, 0.2) is 0 Å². The molecule has 0 aromatic carbocycles. The van der Waals surface area contributed by atoms with Crippen LogP contribution in [0.2, 0.25) is 0 Å². The summed E-state index contributed by atoms with van der Waals surface area (Å²) >= 11 is 0. The van der Waals surface area contributed by atoms with E-state index in [9.17, 15) is 0 Å². The van der Waals surface area contributed by atoms with E-state index in [0.717, 1.165) is 32.1 Å². The largest absolute Gasteiger partial charge is 0.197 e. The zero-order valence-electron chi connectivity index (χ0n) is 8.43. The standard InChI is InChI=1S/C11H16N2/c1-10(2)6-4-3-5-7-11(10,8-12)9-13/h3-7H2,1-2H3. The van der Waals surface area contributed by atoms with Gasteiger partial charge in [-0.2, -0.15) is 10.5 Å². The first kappa shape index (κ1) is 10.1. The fourth-order valence-corrected chi connectivity index (χ4v) is 2.13. The van der Waals surface area contributed by atoms with Crippen molar-refractivity contribution >= 4 is 0 Å². The van der Waals surface area contributed by atoms with Crippen LogP contribution >= 0.6 is 0 Å². The van der Waals surface area contributed by atoms with E-state index in [0.29, 0.717) is 0 Å². The van der Waals surface area contributed by atoms with Gasteiger partial charge in [-0.3, -0.25) is 0 Å². The molecule has 1 rings (SSSR count). The van der Waals surface area contributed by atoms with Gasteiger partial charge in [0, 0.05) is 0 Å². The molecule has 0 unspecified atom stereocenters. The quantitative estimate of drug-likeness (QED) is 0.532. The molecule has 70 valence electrons. The van der Waals surface area contributed by atoms with E-state index >= 15 is 0 Å². The lowest BCUT2D eigenvalue weighted by molar-refractivity contribution is 0.180. The Hall–Kier alpha value is -1.02. The molecule has 13 heavy (non-hydrogen) atoms. The van der Waals surface area contributed by atoms with Gasteiger partial charge in [0.05, 0.1) is 12.1 Å². The van der Waals surface area contributed by atoms with Crippen molar-refractivity contribution in [1.82, 2.24) is 0 Å². The molecule has 0 atom stereocenters. The average molecular weight is 176 g/mol. The fraction of sp³-hybridized carbons (Fsp3) is 0.818. The Morgan fingerprint density at radius 2 is 1.46 bits per heavy atom. The van der Waals surface area contributed by atoms with Gasteiger partial charge < -0.3 is 0 Å². The molecule has 2 heteroatoms. The average Bonchev–Trinajstić information content (AvgIpc) is 2.24. The molecule has 0 saturated heterocycles. The predicted molar refractivity (Wildman–Crippen MR) is 50.5 cm³/mol. The molecular formula is C11H16N2. The molecule has 0 aliphatic heterocycles. The zero-order valence-corrected chi connectivity index (χ0v) is 8.43.